The monoisotopic (exact) mass is 271 g/mol. The van der Waals surface area contributed by atoms with Gasteiger partial charge < -0.3 is 19.2 Å². The molecule has 5 nitrogen and oxygen atoms in total. The number of Topliss-reactive ketones (excluding diaryl/α,β-unsaturated/α-hetero) is 1. The Balaban J connectivity index is 2.22. The topological polar surface area (TPSA) is 55.8 Å². The maximum atomic E-state index is 11.8. The Hall–Kier alpha value is -1.10. The van der Waals surface area contributed by atoms with Gasteiger partial charge in [-0.1, -0.05) is 0 Å². The van der Waals surface area contributed by atoms with Crippen molar-refractivity contribution < 1.29 is 19.1 Å². The van der Waals surface area contributed by atoms with Crippen molar-refractivity contribution in [3.05, 3.63) is 0 Å². The van der Waals surface area contributed by atoms with Crippen LogP contribution in [-0.2, 0) is 14.3 Å². The molecule has 0 spiro atoms. The molecule has 0 saturated carbocycles. The highest BCUT2D eigenvalue weighted by atomic mass is 16.6. The van der Waals surface area contributed by atoms with Gasteiger partial charge in [0.05, 0.1) is 12.6 Å². The molecule has 0 bridgehead atoms. The Labute approximate surface area is 115 Å². The molecule has 1 amide bonds. The summed E-state index contributed by atoms with van der Waals surface area (Å²) in [7, 11) is 0. The summed E-state index contributed by atoms with van der Waals surface area (Å²) in [5, 5.41) is 0. The van der Waals surface area contributed by atoms with Crippen molar-refractivity contribution in [2.24, 2.45) is 0 Å². The van der Waals surface area contributed by atoms with Crippen LogP contribution in [-0.4, -0.2) is 48.2 Å². The van der Waals surface area contributed by atoms with E-state index in [-0.39, 0.29) is 18.0 Å². The molecule has 1 unspecified atom stereocenters. The molecule has 0 radical (unpaired) electrons. The van der Waals surface area contributed by atoms with Crippen LogP contribution in [0.15, 0.2) is 0 Å². The first kappa shape index (κ1) is 16.0. The van der Waals surface area contributed by atoms with E-state index < -0.39 is 5.60 Å². The summed E-state index contributed by atoms with van der Waals surface area (Å²) in [5.74, 6) is 0.186. The van der Waals surface area contributed by atoms with E-state index >= 15 is 0 Å². The zero-order valence-corrected chi connectivity index (χ0v) is 12.4. The molecule has 1 atom stereocenters. The number of amides is 1. The summed E-state index contributed by atoms with van der Waals surface area (Å²) < 4.78 is 11.0. The molecule has 0 aromatic carbocycles. The number of hydrogen-bond donors (Lipinski definition) is 0. The molecule has 5 heteroatoms. The number of ether oxygens (including phenoxy) is 2. The van der Waals surface area contributed by atoms with Gasteiger partial charge in [0.1, 0.15) is 11.4 Å². The second-order valence-electron chi connectivity index (χ2n) is 6.01. The normalized spacial score (nSPS) is 19.6. The number of carbonyl (C=O) groups is 2. The van der Waals surface area contributed by atoms with E-state index in [1.54, 1.807) is 11.8 Å². The van der Waals surface area contributed by atoms with Crippen LogP contribution in [0.3, 0.4) is 0 Å². The first-order chi connectivity index (χ1) is 8.78. The van der Waals surface area contributed by atoms with E-state index in [4.69, 9.17) is 9.47 Å². The molecular weight excluding hydrogens is 246 g/mol. The van der Waals surface area contributed by atoms with E-state index in [1.807, 2.05) is 20.8 Å². The highest BCUT2D eigenvalue weighted by Crippen LogP contribution is 2.17. The third-order valence-corrected chi connectivity index (χ3v) is 2.82. The number of ketones is 1. The lowest BCUT2D eigenvalue weighted by atomic mass is 10.2. The molecule has 1 rings (SSSR count). The standard InChI is InChI=1S/C14H25NO4/c1-11(16)6-5-9-18-12-7-8-15(10-12)13(17)19-14(2,3)4/h12H,5-10H2,1-4H3. The number of hydrogen-bond acceptors (Lipinski definition) is 4. The zero-order chi connectivity index (χ0) is 14.5. The molecule has 0 aliphatic carbocycles. The van der Waals surface area contributed by atoms with Crippen LogP contribution in [0.25, 0.3) is 0 Å². The van der Waals surface area contributed by atoms with E-state index in [9.17, 15) is 9.59 Å². The highest BCUT2D eigenvalue weighted by Gasteiger charge is 2.29. The molecule has 1 aliphatic heterocycles. The predicted octanol–water partition coefficient (Wildman–Crippen LogP) is 2.38. The molecule has 1 saturated heterocycles. The summed E-state index contributed by atoms with van der Waals surface area (Å²) in [6.45, 7) is 8.98. The van der Waals surface area contributed by atoms with E-state index in [2.05, 4.69) is 0 Å². The van der Waals surface area contributed by atoms with Crippen LogP contribution in [0.4, 0.5) is 4.79 Å². The van der Waals surface area contributed by atoms with Crippen LogP contribution in [0.1, 0.15) is 47.0 Å². The molecule has 110 valence electrons. The van der Waals surface area contributed by atoms with Crippen molar-refractivity contribution in [2.45, 2.75) is 58.7 Å². The fraction of sp³-hybridized carbons (Fsp3) is 0.857. The summed E-state index contributed by atoms with van der Waals surface area (Å²) >= 11 is 0. The van der Waals surface area contributed by atoms with Crippen molar-refractivity contribution in [3.8, 4) is 0 Å². The summed E-state index contributed by atoms with van der Waals surface area (Å²) in [4.78, 5) is 24.3. The van der Waals surface area contributed by atoms with Gasteiger partial charge in [0.25, 0.3) is 0 Å². The van der Waals surface area contributed by atoms with Gasteiger partial charge in [-0.05, 0) is 40.5 Å². The van der Waals surface area contributed by atoms with Crippen LogP contribution in [0, 0.1) is 0 Å². The Morgan fingerprint density at radius 3 is 2.58 bits per heavy atom. The zero-order valence-electron chi connectivity index (χ0n) is 12.4. The second-order valence-corrected chi connectivity index (χ2v) is 6.01. The van der Waals surface area contributed by atoms with Crippen molar-refractivity contribution in [2.75, 3.05) is 19.7 Å². The lowest BCUT2D eigenvalue weighted by Crippen LogP contribution is -2.36. The molecule has 19 heavy (non-hydrogen) atoms. The molecule has 1 heterocycles. The van der Waals surface area contributed by atoms with E-state index in [1.165, 1.54) is 0 Å². The first-order valence-electron chi connectivity index (χ1n) is 6.87. The summed E-state index contributed by atoms with van der Waals surface area (Å²) in [6, 6.07) is 0. The minimum absolute atomic E-state index is 0.0690. The van der Waals surface area contributed by atoms with Crippen molar-refractivity contribution in [3.63, 3.8) is 0 Å². The van der Waals surface area contributed by atoms with E-state index in [0.717, 1.165) is 12.8 Å². The number of rotatable bonds is 5. The van der Waals surface area contributed by atoms with Gasteiger partial charge in [0.2, 0.25) is 0 Å². The third-order valence-electron chi connectivity index (χ3n) is 2.82. The van der Waals surface area contributed by atoms with Gasteiger partial charge in [0.15, 0.2) is 0 Å². The minimum atomic E-state index is -0.461. The van der Waals surface area contributed by atoms with Gasteiger partial charge >= 0.3 is 6.09 Å². The Kier molecular flexibility index (Phi) is 5.79. The number of likely N-dealkylation sites (tertiary alicyclic amines) is 1. The number of carbonyl (C=O) groups excluding carboxylic acids is 2. The Morgan fingerprint density at radius 1 is 1.32 bits per heavy atom. The Bertz CT molecular complexity index is 322. The van der Waals surface area contributed by atoms with Crippen molar-refractivity contribution in [1.29, 1.82) is 0 Å². The SMILES string of the molecule is CC(=O)CCCOC1CCN(C(=O)OC(C)(C)C)C1. The lowest BCUT2D eigenvalue weighted by molar-refractivity contribution is -0.117. The molecular formula is C14H25NO4. The van der Waals surface area contributed by atoms with Gasteiger partial charge in [0, 0.05) is 19.6 Å². The van der Waals surface area contributed by atoms with Crippen LogP contribution in [0.5, 0.6) is 0 Å². The van der Waals surface area contributed by atoms with Gasteiger partial charge in [-0.3, -0.25) is 0 Å². The van der Waals surface area contributed by atoms with Gasteiger partial charge in [-0.2, -0.15) is 0 Å². The van der Waals surface area contributed by atoms with E-state index in [0.29, 0.717) is 26.1 Å². The average molecular weight is 271 g/mol. The fourth-order valence-electron chi connectivity index (χ4n) is 1.93. The van der Waals surface area contributed by atoms with Gasteiger partial charge in [-0.25, -0.2) is 4.79 Å². The quantitative estimate of drug-likeness (QED) is 0.720. The molecule has 0 aromatic rings. The van der Waals surface area contributed by atoms with Crippen molar-refractivity contribution in [1.82, 2.24) is 4.90 Å². The maximum Gasteiger partial charge on any atom is 0.410 e. The van der Waals surface area contributed by atoms with Gasteiger partial charge in [-0.15, -0.1) is 0 Å². The summed E-state index contributed by atoms with van der Waals surface area (Å²) in [6.07, 6.45) is 1.93. The predicted molar refractivity (Wildman–Crippen MR) is 72.1 cm³/mol. The van der Waals surface area contributed by atoms with Crippen molar-refractivity contribution >= 4 is 11.9 Å². The summed E-state index contributed by atoms with van der Waals surface area (Å²) in [5.41, 5.74) is -0.461. The van der Waals surface area contributed by atoms with Crippen LogP contribution >= 0.6 is 0 Å². The first-order valence-corrected chi connectivity index (χ1v) is 6.87. The van der Waals surface area contributed by atoms with Crippen LogP contribution < -0.4 is 0 Å². The van der Waals surface area contributed by atoms with Crippen LogP contribution in [0.2, 0.25) is 0 Å². The molecule has 1 aliphatic rings. The largest absolute Gasteiger partial charge is 0.444 e. The second kappa shape index (κ2) is 6.89. The minimum Gasteiger partial charge on any atom is -0.444 e. The maximum absolute atomic E-state index is 11.8. The lowest BCUT2D eigenvalue weighted by Gasteiger charge is -2.24. The Morgan fingerprint density at radius 2 is 2.00 bits per heavy atom. The number of nitrogens with zero attached hydrogens (tertiary/aromatic N) is 1. The molecule has 0 N–H and O–H groups in total. The molecule has 1 fully saturated rings. The highest BCUT2D eigenvalue weighted by molar-refractivity contribution is 5.75. The average Bonchev–Trinajstić information content (AvgIpc) is 2.70. The fourth-order valence-corrected chi connectivity index (χ4v) is 1.93. The molecule has 0 aromatic heterocycles. The third kappa shape index (κ3) is 6.57. The smallest absolute Gasteiger partial charge is 0.410 e.